The quantitative estimate of drug-likeness (QED) is 0.891. The predicted octanol–water partition coefficient (Wildman–Crippen LogP) is 2.53. The Balaban J connectivity index is 1.87. The summed E-state index contributed by atoms with van der Waals surface area (Å²) in [5, 5.41) is 6.14. The van der Waals surface area contributed by atoms with Crippen molar-refractivity contribution in [2.24, 2.45) is 0 Å². The number of carbonyl (C=O) groups is 1. The number of hydrogen-bond acceptors (Lipinski definition) is 2. The predicted molar refractivity (Wildman–Crippen MR) is 68.4 cm³/mol. The summed E-state index contributed by atoms with van der Waals surface area (Å²) in [4.78, 5) is 11.7. The van der Waals surface area contributed by atoms with E-state index in [2.05, 4.69) is 26.6 Å². The highest BCUT2D eigenvalue weighted by Crippen LogP contribution is 2.19. The van der Waals surface area contributed by atoms with Crippen molar-refractivity contribution in [1.29, 1.82) is 0 Å². The van der Waals surface area contributed by atoms with Crippen molar-refractivity contribution in [1.82, 2.24) is 5.32 Å². The highest BCUT2D eigenvalue weighted by atomic mass is 79.9. The molecule has 0 radical (unpaired) electrons. The van der Waals surface area contributed by atoms with Crippen LogP contribution in [0.25, 0.3) is 0 Å². The molecule has 16 heavy (non-hydrogen) atoms. The summed E-state index contributed by atoms with van der Waals surface area (Å²) in [6.45, 7) is 1.87. The number of amides is 1. The maximum atomic E-state index is 11.7. The van der Waals surface area contributed by atoms with Gasteiger partial charge in [0.15, 0.2) is 0 Å². The molecular formula is C12H15BrN2O. The fourth-order valence-electron chi connectivity index (χ4n) is 1.42. The first-order valence-electron chi connectivity index (χ1n) is 5.47. The second kappa shape index (κ2) is 4.87. The fourth-order valence-corrected chi connectivity index (χ4v) is 1.68. The van der Waals surface area contributed by atoms with Crippen LogP contribution in [0, 0.1) is 0 Å². The van der Waals surface area contributed by atoms with Crippen molar-refractivity contribution in [2.45, 2.75) is 31.8 Å². The molecule has 0 bridgehead atoms. The van der Waals surface area contributed by atoms with Crippen LogP contribution in [-0.4, -0.2) is 18.0 Å². The largest absolute Gasteiger partial charge is 0.374 e. The fraction of sp³-hybridized carbons (Fsp3) is 0.417. The zero-order valence-electron chi connectivity index (χ0n) is 9.16. The number of hydrogen-bond donors (Lipinski definition) is 2. The van der Waals surface area contributed by atoms with E-state index in [1.54, 1.807) is 0 Å². The van der Waals surface area contributed by atoms with Gasteiger partial charge in [0.05, 0.1) is 0 Å². The molecule has 0 saturated heterocycles. The molecule has 1 aromatic rings. The summed E-state index contributed by atoms with van der Waals surface area (Å²) >= 11 is 3.37. The van der Waals surface area contributed by atoms with Crippen molar-refractivity contribution in [3.8, 4) is 0 Å². The van der Waals surface area contributed by atoms with E-state index >= 15 is 0 Å². The van der Waals surface area contributed by atoms with E-state index in [4.69, 9.17) is 0 Å². The van der Waals surface area contributed by atoms with E-state index in [0.717, 1.165) is 23.0 Å². The lowest BCUT2D eigenvalue weighted by Gasteiger charge is -2.14. The molecule has 0 aliphatic heterocycles. The first-order chi connectivity index (χ1) is 7.65. The Morgan fingerprint density at radius 3 is 2.56 bits per heavy atom. The molecule has 4 heteroatoms. The van der Waals surface area contributed by atoms with Crippen LogP contribution in [0.4, 0.5) is 5.69 Å². The molecule has 1 aromatic carbocycles. The van der Waals surface area contributed by atoms with Gasteiger partial charge >= 0.3 is 0 Å². The molecule has 2 N–H and O–H groups in total. The molecular weight excluding hydrogens is 268 g/mol. The molecule has 1 aliphatic rings. The van der Waals surface area contributed by atoms with Crippen LogP contribution in [-0.2, 0) is 4.79 Å². The van der Waals surface area contributed by atoms with Crippen molar-refractivity contribution in [3.63, 3.8) is 0 Å². The topological polar surface area (TPSA) is 41.1 Å². The Hall–Kier alpha value is -1.03. The SMILES string of the molecule is C[C@@H](Nc1ccc(Br)cc1)C(=O)NC1CC1. The van der Waals surface area contributed by atoms with E-state index < -0.39 is 0 Å². The smallest absolute Gasteiger partial charge is 0.242 e. The normalized spacial score (nSPS) is 16.6. The van der Waals surface area contributed by atoms with E-state index in [-0.39, 0.29) is 11.9 Å². The summed E-state index contributed by atoms with van der Waals surface area (Å²) in [5.74, 6) is 0.0745. The number of halogens is 1. The third-order valence-corrected chi connectivity index (χ3v) is 3.07. The van der Waals surface area contributed by atoms with Gasteiger partial charge in [-0.3, -0.25) is 4.79 Å². The van der Waals surface area contributed by atoms with E-state index in [1.807, 2.05) is 31.2 Å². The van der Waals surface area contributed by atoms with Crippen molar-refractivity contribution in [3.05, 3.63) is 28.7 Å². The van der Waals surface area contributed by atoms with E-state index in [9.17, 15) is 4.79 Å². The number of carbonyl (C=O) groups excluding carboxylic acids is 1. The molecule has 1 aliphatic carbocycles. The molecule has 0 aromatic heterocycles. The van der Waals surface area contributed by atoms with Crippen molar-refractivity contribution >= 4 is 27.5 Å². The molecule has 1 saturated carbocycles. The van der Waals surface area contributed by atoms with Gasteiger partial charge in [-0.1, -0.05) is 15.9 Å². The highest BCUT2D eigenvalue weighted by molar-refractivity contribution is 9.10. The first kappa shape index (κ1) is 11.5. The minimum atomic E-state index is -0.193. The van der Waals surface area contributed by atoms with E-state index in [1.165, 1.54) is 0 Å². The van der Waals surface area contributed by atoms with Crippen molar-refractivity contribution in [2.75, 3.05) is 5.32 Å². The third-order valence-electron chi connectivity index (χ3n) is 2.54. The van der Waals surface area contributed by atoms with Gasteiger partial charge < -0.3 is 10.6 Å². The lowest BCUT2D eigenvalue weighted by atomic mass is 10.2. The maximum absolute atomic E-state index is 11.7. The Kier molecular flexibility index (Phi) is 3.49. The molecule has 0 heterocycles. The van der Waals surface area contributed by atoms with E-state index in [0.29, 0.717) is 6.04 Å². The molecule has 1 fully saturated rings. The van der Waals surface area contributed by atoms with Gasteiger partial charge in [0, 0.05) is 16.2 Å². The monoisotopic (exact) mass is 282 g/mol. The lowest BCUT2D eigenvalue weighted by Crippen LogP contribution is -2.38. The van der Waals surface area contributed by atoms with Gasteiger partial charge in [-0.2, -0.15) is 0 Å². The van der Waals surface area contributed by atoms with Gasteiger partial charge in [0.2, 0.25) is 5.91 Å². The summed E-state index contributed by atoms with van der Waals surface area (Å²) in [6.07, 6.45) is 2.24. The van der Waals surface area contributed by atoms with Crippen LogP contribution in [0.1, 0.15) is 19.8 Å². The van der Waals surface area contributed by atoms with Gasteiger partial charge in [-0.25, -0.2) is 0 Å². The molecule has 1 atom stereocenters. The number of anilines is 1. The van der Waals surface area contributed by atoms with Gasteiger partial charge in [-0.05, 0) is 44.0 Å². The molecule has 0 unspecified atom stereocenters. The van der Waals surface area contributed by atoms with Crippen LogP contribution >= 0.6 is 15.9 Å². The summed E-state index contributed by atoms with van der Waals surface area (Å²) in [7, 11) is 0. The van der Waals surface area contributed by atoms with Crippen LogP contribution in [0.15, 0.2) is 28.7 Å². The summed E-state index contributed by atoms with van der Waals surface area (Å²) in [6, 6.07) is 8.03. The standard InChI is InChI=1S/C12H15BrN2O/c1-8(12(16)15-11-6-7-11)14-10-4-2-9(13)3-5-10/h2-5,8,11,14H,6-7H2,1H3,(H,15,16)/t8-/m1/s1. The average molecular weight is 283 g/mol. The summed E-state index contributed by atoms with van der Waals surface area (Å²) < 4.78 is 1.04. The van der Waals surface area contributed by atoms with Crippen molar-refractivity contribution < 1.29 is 4.79 Å². The number of benzene rings is 1. The Morgan fingerprint density at radius 2 is 2.00 bits per heavy atom. The third kappa shape index (κ3) is 3.23. The molecule has 0 spiro atoms. The van der Waals surface area contributed by atoms with Gasteiger partial charge in [0.1, 0.15) is 6.04 Å². The van der Waals surface area contributed by atoms with Gasteiger partial charge in [0.25, 0.3) is 0 Å². The second-order valence-corrected chi connectivity index (χ2v) is 5.07. The molecule has 2 rings (SSSR count). The lowest BCUT2D eigenvalue weighted by molar-refractivity contribution is -0.121. The van der Waals surface area contributed by atoms with Gasteiger partial charge in [-0.15, -0.1) is 0 Å². The molecule has 3 nitrogen and oxygen atoms in total. The maximum Gasteiger partial charge on any atom is 0.242 e. The molecule has 1 amide bonds. The Morgan fingerprint density at radius 1 is 1.38 bits per heavy atom. The van der Waals surface area contributed by atoms with Crippen LogP contribution < -0.4 is 10.6 Å². The minimum Gasteiger partial charge on any atom is -0.374 e. The highest BCUT2D eigenvalue weighted by Gasteiger charge is 2.25. The number of nitrogens with one attached hydrogen (secondary N) is 2. The Labute approximate surface area is 104 Å². The zero-order chi connectivity index (χ0) is 11.5. The zero-order valence-corrected chi connectivity index (χ0v) is 10.8. The average Bonchev–Trinajstić information content (AvgIpc) is 3.05. The molecule has 86 valence electrons. The minimum absolute atomic E-state index is 0.0745. The summed E-state index contributed by atoms with van der Waals surface area (Å²) in [5.41, 5.74) is 0.960. The number of rotatable bonds is 4. The van der Waals surface area contributed by atoms with Crippen LogP contribution in [0.2, 0.25) is 0 Å². The second-order valence-electron chi connectivity index (χ2n) is 4.16. The first-order valence-corrected chi connectivity index (χ1v) is 6.27. The van der Waals surface area contributed by atoms with Crippen LogP contribution in [0.5, 0.6) is 0 Å². The Bertz CT molecular complexity index is 373. The van der Waals surface area contributed by atoms with Crippen LogP contribution in [0.3, 0.4) is 0 Å².